The van der Waals surface area contributed by atoms with Crippen molar-refractivity contribution < 1.29 is 24.2 Å². The van der Waals surface area contributed by atoms with Crippen LogP contribution in [0.4, 0.5) is 0 Å². The molecule has 0 spiro atoms. The van der Waals surface area contributed by atoms with E-state index in [1.54, 1.807) is 0 Å². The van der Waals surface area contributed by atoms with Crippen LogP contribution in [0.3, 0.4) is 0 Å². The van der Waals surface area contributed by atoms with E-state index in [9.17, 15) is 19.5 Å². The number of allylic oxidation sites excluding steroid dienone is 2. The lowest BCUT2D eigenvalue weighted by atomic mass is 9.46. The topological polar surface area (TPSA) is 80.7 Å². The summed E-state index contributed by atoms with van der Waals surface area (Å²) >= 11 is 0. The predicted molar refractivity (Wildman–Crippen MR) is 103 cm³/mol. The molecule has 1 N–H and O–H groups in total. The van der Waals surface area contributed by atoms with Crippen molar-refractivity contribution in [2.24, 2.45) is 34.5 Å². The molecule has 0 aromatic heterocycles. The molecular formula is C23H32O5. The highest BCUT2D eigenvalue weighted by Crippen LogP contribution is 2.65. The maximum absolute atomic E-state index is 12.3. The molecule has 5 unspecified atom stereocenters. The highest BCUT2D eigenvalue weighted by Gasteiger charge is 2.61. The average Bonchev–Trinajstić information content (AvgIpc) is 2.98. The Labute approximate surface area is 166 Å². The fourth-order valence-corrected chi connectivity index (χ4v) is 6.97. The lowest BCUT2D eigenvalue weighted by molar-refractivity contribution is -0.159. The van der Waals surface area contributed by atoms with Gasteiger partial charge in [0.05, 0.1) is 5.92 Å². The van der Waals surface area contributed by atoms with Crippen molar-refractivity contribution in [2.45, 2.75) is 78.2 Å². The number of ketones is 1. The first-order chi connectivity index (χ1) is 13.2. The van der Waals surface area contributed by atoms with Crippen LogP contribution in [0.15, 0.2) is 11.6 Å². The van der Waals surface area contributed by atoms with Gasteiger partial charge in [-0.25, -0.2) is 0 Å². The first-order valence-electron chi connectivity index (χ1n) is 10.8. The van der Waals surface area contributed by atoms with E-state index >= 15 is 0 Å². The summed E-state index contributed by atoms with van der Waals surface area (Å²) in [5.74, 6) is -0.724. The number of esters is 1. The monoisotopic (exact) mass is 388 g/mol. The molecule has 0 radical (unpaired) electrons. The second-order valence-corrected chi connectivity index (χ2v) is 9.95. The maximum Gasteiger partial charge on any atom is 0.307 e. The van der Waals surface area contributed by atoms with Crippen molar-refractivity contribution in [2.75, 3.05) is 0 Å². The van der Waals surface area contributed by atoms with Gasteiger partial charge in [-0.3, -0.25) is 14.4 Å². The molecule has 4 aliphatic rings. The van der Waals surface area contributed by atoms with Crippen LogP contribution in [0.2, 0.25) is 0 Å². The zero-order valence-electron chi connectivity index (χ0n) is 17.2. The van der Waals surface area contributed by atoms with Gasteiger partial charge in [-0.1, -0.05) is 32.4 Å². The number of fused-ring (bicyclic) bond motifs is 5. The smallest absolute Gasteiger partial charge is 0.307 e. The van der Waals surface area contributed by atoms with E-state index < -0.39 is 11.9 Å². The minimum absolute atomic E-state index is 0.00368. The second kappa shape index (κ2) is 6.70. The summed E-state index contributed by atoms with van der Waals surface area (Å²) in [5.41, 5.74) is 1.03. The number of carbonyl (C=O) groups is 3. The largest absolute Gasteiger partial charge is 0.481 e. The Hall–Kier alpha value is -1.65. The van der Waals surface area contributed by atoms with Crippen LogP contribution in [0, 0.1) is 34.5 Å². The lowest BCUT2D eigenvalue weighted by Gasteiger charge is -2.57. The van der Waals surface area contributed by atoms with Crippen LogP contribution in [-0.2, 0) is 19.1 Å². The Morgan fingerprint density at radius 2 is 2.04 bits per heavy atom. The summed E-state index contributed by atoms with van der Waals surface area (Å²) in [6.45, 7) is 6.25. The van der Waals surface area contributed by atoms with Gasteiger partial charge in [-0.15, -0.1) is 0 Å². The van der Waals surface area contributed by atoms with Gasteiger partial charge < -0.3 is 9.84 Å². The number of hydrogen-bond donors (Lipinski definition) is 1. The Kier molecular flexibility index (Phi) is 4.71. The fourth-order valence-electron chi connectivity index (χ4n) is 6.97. The van der Waals surface area contributed by atoms with E-state index in [0.717, 1.165) is 25.7 Å². The van der Waals surface area contributed by atoms with Crippen LogP contribution in [0.1, 0.15) is 72.1 Å². The third kappa shape index (κ3) is 2.76. The molecule has 5 nitrogen and oxygen atoms in total. The standard InChI is InChI=1S/C23H32O5/c1-4-19(25)28-18-6-5-16-20-15(21(26)27)12-13-11-14(24)7-9-22(13,2)17(20)8-10-23(16,18)3/h8,13,15-16,18,20H,4-7,9-12H2,1-3H3,(H,26,27)/t13?,15?,16?,18?,20-,22?,23-/m0/s1. The molecule has 4 rings (SSSR count). The number of aliphatic carboxylic acids is 1. The number of carboxylic acid groups (broad SMARTS) is 1. The molecule has 0 bridgehead atoms. The summed E-state index contributed by atoms with van der Waals surface area (Å²) in [4.78, 5) is 36.3. The van der Waals surface area contributed by atoms with E-state index in [1.807, 2.05) is 6.92 Å². The van der Waals surface area contributed by atoms with Crippen LogP contribution >= 0.6 is 0 Å². The number of carboxylic acids is 1. The SMILES string of the molecule is CCC(=O)OC1CCC2[C@H]3C(=CC[C@]12C)C1(C)CCC(=O)CC1CC3C(=O)O. The molecule has 0 amide bonds. The number of rotatable bonds is 3. The van der Waals surface area contributed by atoms with Crippen molar-refractivity contribution in [1.29, 1.82) is 0 Å². The summed E-state index contributed by atoms with van der Waals surface area (Å²) in [5, 5.41) is 10.1. The van der Waals surface area contributed by atoms with E-state index in [0.29, 0.717) is 25.7 Å². The van der Waals surface area contributed by atoms with Gasteiger partial charge in [0.25, 0.3) is 0 Å². The van der Waals surface area contributed by atoms with Crippen LogP contribution < -0.4 is 0 Å². The van der Waals surface area contributed by atoms with Crippen LogP contribution in [0.25, 0.3) is 0 Å². The Morgan fingerprint density at radius 3 is 2.71 bits per heavy atom. The molecule has 0 aliphatic heterocycles. The number of ether oxygens (including phenoxy) is 1. The summed E-state index contributed by atoms with van der Waals surface area (Å²) in [6.07, 6.45) is 7.61. The molecule has 3 fully saturated rings. The Bertz CT molecular complexity index is 739. The maximum atomic E-state index is 12.3. The van der Waals surface area contributed by atoms with Gasteiger partial charge in [0.2, 0.25) is 0 Å². The lowest BCUT2D eigenvalue weighted by Crippen LogP contribution is -2.53. The molecule has 5 heteroatoms. The molecule has 3 saturated carbocycles. The highest BCUT2D eigenvalue weighted by atomic mass is 16.5. The first kappa shape index (κ1) is 19.7. The summed E-state index contributed by atoms with van der Waals surface area (Å²) in [6, 6.07) is 0. The molecule has 0 saturated heterocycles. The van der Waals surface area contributed by atoms with E-state index in [-0.39, 0.29) is 46.4 Å². The number of hydrogen-bond acceptors (Lipinski definition) is 4. The van der Waals surface area contributed by atoms with Crippen molar-refractivity contribution in [3.8, 4) is 0 Å². The average molecular weight is 389 g/mol. The second-order valence-electron chi connectivity index (χ2n) is 9.95. The Morgan fingerprint density at radius 1 is 1.29 bits per heavy atom. The molecule has 4 aliphatic carbocycles. The van der Waals surface area contributed by atoms with Gasteiger partial charge in [-0.05, 0) is 55.3 Å². The zero-order valence-corrected chi connectivity index (χ0v) is 17.2. The molecule has 154 valence electrons. The van der Waals surface area contributed by atoms with Gasteiger partial charge in [0.15, 0.2) is 0 Å². The van der Waals surface area contributed by atoms with Crippen LogP contribution in [0.5, 0.6) is 0 Å². The molecule has 7 atom stereocenters. The third-order valence-corrected chi connectivity index (χ3v) is 8.69. The summed E-state index contributed by atoms with van der Waals surface area (Å²) in [7, 11) is 0. The van der Waals surface area contributed by atoms with Gasteiger partial charge in [0.1, 0.15) is 11.9 Å². The fraction of sp³-hybridized carbons (Fsp3) is 0.783. The molecular weight excluding hydrogens is 356 g/mol. The van der Waals surface area contributed by atoms with Crippen molar-refractivity contribution >= 4 is 17.7 Å². The van der Waals surface area contributed by atoms with Crippen LogP contribution in [-0.4, -0.2) is 28.9 Å². The molecule has 0 heterocycles. The van der Waals surface area contributed by atoms with Gasteiger partial charge in [-0.2, -0.15) is 0 Å². The van der Waals surface area contributed by atoms with Gasteiger partial charge in [0, 0.05) is 24.7 Å². The zero-order chi connectivity index (χ0) is 20.3. The number of carbonyl (C=O) groups excluding carboxylic acids is 2. The molecule has 0 aromatic carbocycles. The molecule has 28 heavy (non-hydrogen) atoms. The normalized spacial score (nSPS) is 44.8. The minimum Gasteiger partial charge on any atom is -0.481 e. The number of Topliss-reactive ketones (excluding diaryl/α,β-unsaturated/α-hetero) is 1. The minimum atomic E-state index is -0.741. The van der Waals surface area contributed by atoms with Gasteiger partial charge >= 0.3 is 11.9 Å². The van der Waals surface area contributed by atoms with E-state index in [2.05, 4.69) is 19.9 Å². The predicted octanol–water partition coefficient (Wildman–Crippen LogP) is 4.15. The van der Waals surface area contributed by atoms with E-state index in [1.165, 1.54) is 5.57 Å². The Balaban J connectivity index is 1.72. The summed E-state index contributed by atoms with van der Waals surface area (Å²) < 4.78 is 5.79. The highest BCUT2D eigenvalue weighted by molar-refractivity contribution is 5.80. The molecule has 0 aromatic rings. The van der Waals surface area contributed by atoms with Crippen molar-refractivity contribution in [3.63, 3.8) is 0 Å². The quantitative estimate of drug-likeness (QED) is 0.580. The first-order valence-corrected chi connectivity index (χ1v) is 10.8. The third-order valence-electron chi connectivity index (χ3n) is 8.69. The van der Waals surface area contributed by atoms with E-state index in [4.69, 9.17) is 4.74 Å². The van der Waals surface area contributed by atoms with Crippen molar-refractivity contribution in [1.82, 2.24) is 0 Å². The van der Waals surface area contributed by atoms with Crippen molar-refractivity contribution in [3.05, 3.63) is 11.6 Å².